The van der Waals surface area contributed by atoms with Crippen molar-refractivity contribution in [1.29, 1.82) is 0 Å². The second-order valence-corrected chi connectivity index (χ2v) is 6.29. The summed E-state index contributed by atoms with van der Waals surface area (Å²) in [5.41, 5.74) is 3.35. The van der Waals surface area contributed by atoms with E-state index < -0.39 is 0 Å². The summed E-state index contributed by atoms with van der Waals surface area (Å²) in [6.45, 7) is 2.64. The van der Waals surface area contributed by atoms with Gasteiger partial charge >= 0.3 is 0 Å². The Morgan fingerprint density at radius 1 is 0.920 bits per heavy atom. The monoisotopic (exact) mass is 349 g/mol. The van der Waals surface area contributed by atoms with Crippen molar-refractivity contribution >= 4 is 17.8 Å². The highest BCUT2D eigenvalue weighted by Gasteiger charge is 2.02. The van der Waals surface area contributed by atoms with Crippen LogP contribution >= 0.6 is 11.6 Å². The van der Waals surface area contributed by atoms with Gasteiger partial charge in [0.05, 0.1) is 6.04 Å². The molecule has 1 unspecified atom stereocenters. The SMILES string of the molecule is CC(N=Cc1ccc(OCc2ccccc2)cc1)c1ccc(Cl)cc1. The molecule has 0 aromatic heterocycles. The van der Waals surface area contributed by atoms with Crippen LogP contribution in [0.25, 0.3) is 0 Å². The Kier molecular flexibility index (Phi) is 5.86. The molecule has 3 aromatic carbocycles. The molecule has 0 fully saturated rings. The Hall–Kier alpha value is -2.58. The maximum atomic E-state index is 5.92. The largest absolute Gasteiger partial charge is 0.489 e. The Morgan fingerprint density at radius 3 is 2.28 bits per heavy atom. The van der Waals surface area contributed by atoms with Crippen molar-refractivity contribution in [3.63, 3.8) is 0 Å². The molecule has 2 nitrogen and oxygen atoms in total. The molecule has 0 heterocycles. The first-order chi connectivity index (χ1) is 12.2. The average molecular weight is 350 g/mol. The summed E-state index contributed by atoms with van der Waals surface area (Å²) in [5.74, 6) is 0.853. The number of rotatable bonds is 6. The van der Waals surface area contributed by atoms with E-state index in [0.29, 0.717) is 6.61 Å². The fraction of sp³-hybridized carbons (Fsp3) is 0.136. The summed E-state index contributed by atoms with van der Waals surface area (Å²) >= 11 is 5.92. The summed E-state index contributed by atoms with van der Waals surface area (Å²) < 4.78 is 5.80. The first kappa shape index (κ1) is 17.2. The number of hydrogen-bond donors (Lipinski definition) is 0. The van der Waals surface area contributed by atoms with Gasteiger partial charge in [-0.2, -0.15) is 0 Å². The van der Waals surface area contributed by atoms with Crippen molar-refractivity contribution in [1.82, 2.24) is 0 Å². The summed E-state index contributed by atoms with van der Waals surface area (Å²) in [5, 5.41) is 0.742. The van der Waals surface area contributed by atoms with Crippen LogP contribution in [0, 0.1) is 0 Å². The van der Waals surface area contributed by atoms with Crippen LogP contribution in [0.5, 0.6) is 5.75 Å². The number of aliphatic imine (C=N–C) groups is 1. The zero-order valence-electron chi connectivity index (χ0n) is 14.1. The molecule has 3 rings (SSSR count). The van der Waals surface area contributed by atoms with Crippen molar-refractivity contribution in [3.05, 3.63) is 101 Å². The number of benzene rings is 3. The lowest BCUT2D eigenvalue weighted by Gasteiger charge is -2.07. The van der Waals surface area contributed by atoms with E-state index in [1.807, 2.05) is 72.9 Å². The van der Waals surface area contributed by atoms with E-state index in [4.69, 9.17) is 16.3 Å². The average Bonchev–Trinajstić information content (AvgIpc) is 2.67. The minimum absolute atomic E-state index is 0.0891. The summed E-state index contributed by atoms with van der Waals surface area (Å²) in [7, 11) is 0. The van der Waals surface area contributed by atoms with E-state index in [1.54, 1.807) is 0 Å². The van der Waals surface area contributed by atoms with E-state index in [2.05, 4.69) is 24.0 Å². The van der Waals surface area contributed by atoms with Gasteiger partial charge in [0, 0.05) is 11.2 Å². The smallest absolute Gasteiger partial charge is 0.119 e. The third kappa shape index (κ3) is 5.20. The van der Waals surface area contributed by atoms with Gasteiger partial charge < -0.3 is 4.74 Å². The Labute approximate surface area is 153 Å². The van der Waals surface area contributed by atoms with E-state index in [-0.39, 0.29) is 6.04 Å². The predicted molar refractivity (Wildman–Crippen MR) is 105 cm³/mol. The first-order valence-electron chi connectivity index (χ1n) is 8.26. The third-order valence-electron chi connectivity index (χ3n) is 3.93. The molecule has 0 aliphatic carbocycles. The van der Waals surface area contributed by atoms with Gasteiger partial charge in [-0.1, -0.05) is 54.1 Å². The summed E-state index contributed by atoms with van der Waals surface area (Å²) in [6.07, 6.45) is 1.89. The Balaban J connectivity index is 1.57. The molecule has 0 aliphatic rings. The fourth-order valence-corrected chi connectivity index (χ4v) is 2.54. The quantitative estimate of drug-likeness (QED) is 0.493. The van der Waals surface area contributed by atoms with Crippen LogP contribution in [0.1, 0.15) is 29.7 Å². The number of hydrogen-bond acceptors (Lipinski definition) is 2. The highest BCUT2D eigenvalue weighted by molar-refractivity contribution is 6.30. The Bertz CT molecular complexity index is 811. The second-order valence-electron chi connectivity index (χ2n) is 5.85. The molecule has 0 aliphatic heterocycles. The Morgan fingerprint density at radius 2 is 1.60 bits per heavy atom. The normalized spacial score (nSPS) is 12.2. The van der Waals surface area contributed by atoms with Gasteiger partial charge in [0.1, 0.15) is 12.4 Å². The topological polar surface area (TPSA) is 21.6 Å². The van der Waals surface area contributed by atoms with Crippen molar-refractivity contribution in [3.8, 4) is 5.75 Å². The van der Waals surface area contributed by atoms with Gasteiger partial charge in [-0.25, -0.2) is 0 Å². The lowest BCUT2D eigenvalue weighted by Crippen LogP contribution is -1.95. The summed E-state index contributed by atoms with van der Waals surface area (Å²) in [6, 6.07) is 26.0. The van der Waals surface area contributed by atoms with Gasteiger partial charge in [-0.05, 0) is 60.0 Å². The zero-order valence-corrected chi connectivity index (χ0v) is 14.9. The van der Waals surface area contributed by atoms with E-state index >= 15 is 0 Å². The number of ether oxygens (including phenoxy) is 1. The molecule has 1 atom stereocenters. The van der Waals surface area contributed by atoms with E-state index in [1.165, 1.54) is 0 Å². The molecule has 0 spiro atoms. The van der Waals surface area contributed by atoms with Crippen molar-refractivity contribution < 1.29 is 4.74 Å². The van der Waals surface area contributed by atoms with Gasteiger partial charge in [0.15, 0.2) is 0 Å². The molecule has 0 radical (unpaired) electrons. The molecule has 25 heavy (non-hydrogen) atoms. The highest BCUT2D eigenvalue weighted by Crippen LogP contribution is 2.19. The molecule has 0 saturated carbocycles. The minimum atomic E-state index is 0.0891. The van der Waals surface area contributed by atoms with Gasteiger partial charge in [-0.15, -0.1) is 0 Å². The second kappa shape index (κ2) is 8.50. The molecule has 0 bridgehead atoms. The van der Waals surface area contributed by atoms with E-state index in [9.17, 15) is 0 Å². The molecular weight excluding hydrogens is 330 g/mol. The molecular formula is C22H20ClNO. The van der Waals surface area contributed by atoms with Crippen LogP contribution in [-0.4, -0.2) is 6.21 Å². The molecule has 3 heteroatoms. The first-order valence-corrected chi connectivity index (χ1v) is 8.64. The van der Waals surface area contributed by atoms with Crippen molar-refractivity contribution in [2.45, 2.75) is 19.6 Å². The van der Waals surface area contributed by atoms with Gasteiger partial charge in [-0.3, -0.25) is 4.99 Å². The maximum absolute atomic E-state index is 5.92. The lowest BCUT2D eigenvalue weighted by atomic mass is 10.1. The molecule has 0 saturated heterocycles. The van der Waals surface area contributed by atoms with E-state index in [0.717, 1.165) is 27.5 Å². The maximum Gasteiger partial charge on any atom is 0.119 e. The van der Waals surface area contributed by atoms with Crippen LogP contribution in [0.2, 0.25) is 5.02 Å². The van der Waals surface area contributed by atoms with Crippen molar-refractivity contribution in [2.75, 3.05) is 0 Å². The van der Waals surface area contributed by atoms with Crippen LogP contribution < -0.4 is 4.74 Å². The van der Waals surface area contributed by atoms with Crippen molar-refractivity contribution in [2.24, 2.45) is 4.99 Å². The third-order valence-corrected chi connectivity index (χ3v) is 4.18. The minimum Gasteiger partial charge on any atom is -0.489 e. The molecule has 126 valence electrons. The highest BCUT2D eigenvalue weighted by atomic mass is 35.5. The van der Waals surface area contributed by atoms with Crippen LogP contribution in [-0.2, 0) is 6.61 Å². The van der Waals surface area contributed by atoms with Gasteiger partial charge in [0.25, 0.3) is 0 Å². The van der Waals surface area contributed by atoms with Crippen LogP contribution in [0.15, 0.2) is 83.9 Å². The number of halogens is 1. The molecule has 0 amide bonds. The van der Waals surface area contributed by atoms with Crippen LogP contribution in [0.3, 0.4) is 0 Å². The zero-order chi connectivity index (χ0) is 17.5. The molecule has 0 N–H and O–H groups in total. The summed E-state index contributed by atoms with van der Waals surface area (Å²) in [4.78, 5) is 4.61. The molecule has 3 aromatic rings. The predicted octanol–water partition coefficient (Wildman–Crippen LogP) is 6.10. The van der Waals surface area contributed by atoms with Crippen LogP contribution in [0.4, 0.5) is 0 Å². The standard InChI is InChI=1S/C22H20ClNO/c1-17(20-9-11-21(23)12-10-20)24-15-18-7-13-22(14-8-18)25-16-19-5-3-2-4-6-19/h2-15,17H,16H2,1H3. The lowest BCUT2D eigenvalue weighted by molar-refractivity contribution is 0.306. The van der Waals surface area contributed by atoms with Gasteiger partial charge in [0.2, 0.25) is 0 Å². The fourth-order valence-electron chi connectivity index (χ4n) is 2.42. The number of nitrogens with zero attached hydrogens (tertiary/aromatic N) is 1.